The molecule has 2 aromatic heterocycles. The first-order valence-electron chi connectivity index (χ1n) is 4.93. The molecule has 1 N–H and O–H groups in total. The molecule has 1 saturated heterocycles. The van der Waals surface area contributed by atoms with E-state index in [1.54, 1.807) is 6.26 Å². The zero-order valence-electron chi connectivity index (χ0n) is 8.36. The normalized spacial score (nSPS) is 16.6. The Morgan fingerprint density at radius 1 is 1.47 bits per heavy atom. The lowest BCUT2D eigenvalue weighted by molar-refractivity contribution is 0.308. The Labute approximate surface area is 86.5 Å². The minimum atomic E-state index is 0.374. The lowest BCUT2D eigenvalue weighted by atomic mass is 10.0. The van der Waals surface area contributed by atoms with Crippen molar-refractivity contribution in [3.05, 3.63) is 24.0 Å². The first kappa shape index (κ1) is 8.67. The van der Waals surface area contributed by atoms with Crippen molar-refractivity contribution in [3.8, 4) is 11.4 Å². The lowest BCUT2D eigenvalue weighted by Gasteiger charge is -2.22. The van der Waals surface area contributed by atoms with E-state index in [-0.39, 0.29) is 0 Å². The number of aryl methyl sites for hydroxylation is 1. The van der Waals surface area contributed by atoms with Crippen molar-refractivity contribution in [1.82, 2.24) is 15.5 Å². The third-order valence-corrected chi connectivity index (χ3v) is 2.67. The Hall–Kier alpha value is -1.62. The summed E-state index contributed by atoms with van der Waals surface area (Å²) in [5.41, 5.74) is 0.900. The van der Waals surface area contributed by atoms with Crippen molar-refractivity contribution >= 4 is 0 Å². The maximum absolute atomic E-state index is 5.20. The van der Waals surface area contributed by atoms with E-state index < -0.39 is 0 Å². The molecule has 78 valence electrons. The third-order valence-electron chi connectivity index (χ3n) is 2.67. The maximum atomic E-state index is 5.20. The van der Waals surface area contributed by atoms with Crippen molar-refractivity contribution < 1.29 is 8.94 Å². The van der Waals surface area contributed by atoms with E-state index in [2.05, 4.69) is 15.5 Å². The second-order valence-electron chi connectivity index (χ2n) is 3.70. The van der Waals surface area contributed by atoms with Gasteiger partial charge in [-0.2, -0.15) is 4.98 Å². The quantitative estimate of drug-likeness (QED) is 0.801. The van der Waals surface area contributed by atoms with Crippen LogP contribution in [0.15, 0.2) is 21.3 Å². The summed E-state index contributed by atoms with van der Waals surface area (Å²) in [7, 11) is 0. The highest BCUT2D eigenvalue weighted by atomic mass is 16.5. The molecule has 3 heterocycles. The Morgan fingerprint density at radius 2 is 2.33 bits per heavy atom. The average Bonchev–Trinajstić information content (AvgIpc) is 2.70. The monoisotopic (exact) mass is 205 g/mol. The van der Waals surface area contributed by atoms with Crippen molar-refractivity contribution in [2.75, 3.05) is 13.1 Å². The topological polar surface area (TPSA) is 64.1 Å². The fourth-order valence-corrected chi connectivity index (χ4v) is 1.59. The van der Waals surface area contributed by atoms with Crippen LogP contribution in [-0.2, 0) is 0 Å². The molecular weight excluding hydrogens is 194 g/mol. The van der Waals surface area contributed by atoms with E-state index in [1.165, 1.54) is 0 Å². The zero-order valence-corrected chi connectivity index (χ0v) is 8.36. The molecule has 1 aliphatic rings. The van der Waals surface area contributed by atoms with Gasteiger partial charge in [0.05, 0.1) is 17.7 Å². The van der Waals surface area contributed by atoms with E-state index in [0.29, 0.717) is 17.6 Å². The highest BCUT2D eigenvalue weighted by molar-refractivity contribution is 5.56. The molecule has 0 unspecified atom stereocenters. The van der Waals surface area contributed by atoms with Gasteiger partial charge in [-0.05, 0) is 13.0 Å². The van der Waals surface area contributed by atoms with Gasteiger partial charge in [0, 0.05) is 13.1 Å². The summed E-state index contributed by atoms with van der Waals surface area (Å²) in [4.78, 5) is 4.36. The Bertz CT molecular complexity index is 470. The highest BCUT2D eigenvalue weighted by Crippen LogP contribution is 2.24. The summed E-state index contributed by atoms with van der Waals surface area (Å²) in [6.07, 6.45) is 1.63. The molecule has 0 aromatic carbocycles. The van der Waals surface area contributed by atoms with E-state index >= 15 is 0 Å². The summed E-state index contributed by atoms with van der Waals surface area (Å²) in [5, 5.41) is 7.12. The molecule has 0 saturated carbocycles. The molecule has 0 atom stereocenters. The molecular formula is C10H11N3O2. The number of nitrogens with one attached hydrogen (secondary N) is 1. The molecule has 0 spiro atoms. The molecule has 2 aromatic rings. The van der Waals surface area contributed by atoms with Crippen LogP contribution in [0.4, 0.5) is 0 Å². The first-order valence-corrected chi connectivity index (χ1v) is 4.93. The van der Waals surface area contributed by atoms with Crippen LogP contribution in [0.25, 0.3) is 11.4 Å². The van der Waals surface area contributed by atoms with Crippen LogP contribution in [0.5, 0.6) is 0 Å². The average molecular weight is 205 g/mol. The number of furan rings is 1. The lowest BCUT2D eigenvalue weighted by Crippen LogP contribution is -2.40. The zero-order chi connectivity index (χ0) is 10.3. The number of aromatic nitrogens is 2. The fourth-order valence-electron chi connectivity index (χ4n) is 1.59. The fraction of sp³-hybridized carbons (Fsp3) is 0.400. The summed E-state index contributed by atoms with van der Waals surface area (Å²) in [5.74, 6) is 2.51. The van der Waals surface area contributed by atoms with Gasteiger partial charge in [0.25, 0.3) is 0 Å². The first-order chi connectivity index (χ1) is 7.34. The van der Waals surface area contributed by atoms with Crippen LogP contribution >= 0.6 is 0 Å². The van der Waals surface area contributed by atoms with E-state index in [9.17, 15) is 0 Å². The van der Waals surface area contributed by atoms with Crippen LogP contribution < -0.4 is 5.32 Å². The van der Waals surface area contributed by atoms with Gasteiger partial charge >= 0.3 is 0 Å². The third kappa shape index (κ3) is 1.35. The maximum Gasteiger partial charge on any atom is 0.232 e. The van der Waals surface area contributed by atoms with Crippen molar-refractivity contribution in [1.29, 1.82) is 0 Å². The van der Waals surface area contributed by atoms with Crippen LogP contribution in [0.2, 0.25) is 0 Å². The molecule has 0 bridgehead atoms. The van der Waals surface area contributed by atoms with Crippen molar-refractivity contribution in [2.45, 2.75) is 12.8 Å². The van der Waals surface area contributed by atoms with Gasteiger partial charge < -0.3 is 14.3 Å². The number of hydrogen-bond acceptors (Lipinski definition) is 5. The van der Waals surface area contributed by atoms with Gasteiger partial charge in [0.15, 0.2) is 0 Å². The van der Waals surface area contributed by atoms with Crippen molar-refractivity contribution in [3.63, 3.8) is 0 Å². The Morgan fingerprint density at radius 3 is 2.93 bits per heavy atom. The van der Waals surface area contributed by atoms with Gasteiger partial charge in [0.1, 0.15) is 5.76 Å². The van der Waals surface area contributed by atoms with Crippen molar-refractivity contribution in [2.24, 2.45) is 0 Å². The molecule has 3 rings (SSSR count). The van der Waals surface area contributed by atoms with Crippen LogP contribution in [0, 0.1) is 6.92 Å². The summed E-state index contributed by atoms with van der Waals surface area (Å²) in [6.45, 7) is 3.73. The number of nitrogens with zero attached hydrogens (tertiary/aromatic N) is 2. The van der Waals surface area contributed by atoms with E-state index in [0.717, 1.165) is 24.4 Å². The predicted octanol–water partition coefficient (Wildman–Crippen LogP) is 1.32. The molecule has 0 amide bonds. The highest BCUT2D eigenvalue weighted by Gasteiger charge is 2.25. The second-order valence-corrected chi connectivity index (χ2v) is 3.70. The standard InChI is InChI=1S/C10H11N3O2/c1-6-8(2-3-14-6)9-12-10(15-13-9)7-4-11-5-7/h2-3,7,11H,4-5H2,1H3. The molecule has 15 heavy (non-hydrogen) atoms. The smallest absolute Gasteiger partial charge is 0.232 e. The van der Waals surface area contributed by atoms with Gasteiger partial charge in [-0.25, -0.2) is 0 Å². The molecule has 0 aliphatic carbocycles. The van der Waals surface area contributed by atoms with Gasteiger partial charge in [-0.3, -0.25) is 0 Å². The van der Waals surface area contributed by atoms with Gasteiger partial charge in [-0.15, -0.1) is 0 Å². The molecule has 1 fully saturated rings. The SMILES string of the molecule is Cc1occc1-c1noc(C2CNC2)n1. The summed E-state index contributed by atoms with van der Waals surface area (Å²) >= 11 is 0. The van der Waals surface area contributed by atoms with E-state index in [4.69, 9.17) is 8.94 Å². The second kappa shape index (κ2) is 3.20. The number of rotatable bonds is 2. The summed E-state index contributed by atoms with van der Waals surface area (Å²) in [6, 6.07) is 1.85. The molecule has 5 heteroatoms. The van der Waals surface area contributed by atoms with Crippen LogP contribution in [0.1, 0.15) is 17.6 Å². The largest absolute Gasteiger partial charge is 0.469 e. The Balaban J connectivity index is 1.93. The van der Waals surface area contributed by atoms with Gasteiger partial charge in [0.2, 0.25) is 11.7 Å². The Kier molecular flexibility index (Phi) is 1.85. The minimum absolute atomic E-state index is 0.374. The van der Waals surface area contributed by atoms with Gasteiger partial charge in [-0.1, -0.05) is 5.16 Å². The molecule has 5 nitrogen and oxygen atoms in total. The van der Waals surface area contributed by atoms with E-state index in [1.807, 2.05) is 13.0 Å². The minimum Gasteiger partial charge on any atom is -0.469 e. The molecule has 0 radical (unpaired) electrons. The molecule has 1 aliphatic heterocycles. The summed E-state index contributed by atoms with van der Waals surface area (Å²) < 4.78 is 10.4. The van der Waals surface area contributed by atoms with Crippen LogP contribution in [-0.4, -0.2) is 23.2 Å². The van der Waals surface area contributed by atoms with Crippen LogP contribution in [0.3, 0.4) is 0 Å². The number of hydrogen-bond donors (Lipinski definition) is 1. The predicted molar refractivity (Wildman–Crippen MR) is 52.3 cm³/mol.